The summed E-state index contributed by atoms with van der Waals surface area (Å²) in [5.74, 6) is 0. The second kappa shape index (κ2) is 9.89. The van der Waals surface area contributed by atoms with Crippen LogP contribution in [0.1, 0.15) is 29.2 Å². The Kier molecular flexibility index (Phi) is 7.15. The number of nitro benzene ring substituents is 2. The van der Waals surface area contributed by atoms with Crippen LogP contribution >= 0.6 is 0 Å². The number of hydrogen-bond donors (Lipinski definition) is 2. The minimum Gasteiger partial charge on any atom is -0.279 e. The number of hydrazone groups is 1. The molecule has 0 aromatic heterocycles. The number of anilines is 2. The molecule has 11 nitrogen and oxygen atoms in total. The maximum atomic E-state index is 12.9. The molecule has 182 valence electrons. The number of rotatable bonds is 8. The average Bonchev–Trinajstić information content (AvgIpc) is 2.79. The second-order valence-electron chi connectivity index (χ2n) is 7.93. The summed E-state index contributed by atoms with van der Waals surface area (Å²) in [4.78, 5) is 21.3. The van der Waals surface area contributed by atoms with Crippen molar-refractivity contribution in [2.45, 2.75) is 32.6 Å². The number of hydrogen-bond acceptors (Lipinski definition) is 8. The predicted octanol–water partition coefficient (Wildman–Crippen LogP) is 5.07. The highest BCUT2D eigenvalue weighted by molar-refractivity contribution is 7.92. The van der Waals surface area contributed by atoms with Crippen LogP contribution in [-0.4, -0.2) is 24.0 Å². The van der Waals surface area contributed by atoms with E-state index in [2.05, 4.69) is 15.2 Å². The van der Waals surface area contributed by atoms with Gasteiger partial charge in [0.15, 0.2) is 0 Å². The first-order valence-corrected chi connectivity index (χ1v) is 11.8. The van der Waals surface area contributed by atoms with E-state index in [1.54, 1.807) is 45.0 Å². The molecule has 3 rings (SSSR count). The fraction of sp³-hybridized carbons (Fsp3) is 0.174. The molecule has 0 atom stereocenters. The van der Waals surface area contributed by atoms with Gasteiger partial charge in [0.25, 0.3) is 21.4 Å². The van der Waals surface area contributed by atoms with Gasteiger partial charge in [0.05, 0.1) is 26.1 Å². The predicted molar refractivity (Wildman–Crippen MR) is 133 cm³/mol. The molecule has 0 amide bonds. The SMILES string of the molecule is C/C(=N\Nc1ccc(S(=O)(=O)Nc2ccc(C)cc2C)cc1[N+](=O)[O-])c1ccc(C)c([N+](=O)[O-])c1. The summed E-state index contributed by atoms with van der Waals surface area (Å²) in [7, 11) is -4.09. The van der Waals surface area contributed by atoms with Crippen LogP contribution in [0, 0.1) is 41.0 Å². The molecule has 0 spiro atoms. The summed E-state index contributed by atoms with van der Waals surface area (Å²) in [6.07, 6.45) is 0. The molecule has 35 heavy (non-hydrogen) atoms. The van der Waals surface area contributed by atoms with Crippen LogP contribution in [0.5, 0.6) is 0 Å². The number of sulfonamides is 1. The fourth-order valence-electron chi connectivity index (χ4n) is 3.30. The number of benzene rings is 3. The van der Waals surface area contributed by atoms with Gasteiger partial charge in [-0.15, -0.1) is 0 Å². The van der Waals surface area contributed by atoms with Gasteiger partial charge in [-0.05, 0) is 51.5 Å². The zero-order chi connectivity index (χ0) is 25.9. The summed E-state index contributed by atoms with van der Waals surface area (Å²) in [6, 6.07) is 13.2. The first-order valence-electron chi connectivity index (χ1n) is 10.3. The minimum atomic E-state index is -4.09. The van der Waals surface area contributed by atoms with Crippen LogP contribution in [0.4, 0.5) is 22.7 Å². The largest absolute Gasteiger partial charge is 0.295 e. The van der Waals surface area contributed by atoms with E-state index in [0.29, 0.717) is 28.1 Å². The van der Waals surface area contributed by atoms with Crippen molar-refractivity contribution in [2.24, 2.45) is 5.10 Å². The van der Waals surface area contributed by atoms with Gasteiger partial charge in [0, 0.05) is 23.3 Å². The summed E-state index contributed by atoms with van der Waals surface area (Å²) >= 11 is 0. The monoisotopic (exact) mass is 497 g/mol. The summed E-state index contributed by atoms with van der Waals surface area (Å²) in [5, 5.41) is 26.9. The summed E-state index contributed by atoms with van der Waals surface area (Å²) in [5.41, 5.74) is 5.27. The topological polar surface area (TPSA) is 157 Å². The molecule has 0 unspecified atom stereocenters. The molecular formula is C23H23N5O6S. The first-order chi connectivity index (χ1) is 16.4. The van der Waals surface area contributed by atoms with Crippen molar-refractivity contribution in [2.75, 3.05) is 10.1 Å². The van der Waals surface area contributed by atoms with Gasteiger partial charge in [-0.3, -0.25) is 30.4 Å². The first kappa shape index (κ1) is 25.3. The van der Waals surface area contributed by atoms with E-state index in [1.165, 1.54) is 18.2 Å². The summed E-state index contributed by atoms with van der Waals surface area (Å²) < 4.78 is 28.2. The van der Waals surface area contributed by atoms with E-state index < -0.39 is 25.6 Å². The molecule has 0 bridgehead atoms. The van der Waals surface area contributed by atoms with Crippen molar-refractivity contribution in [1.82, 2.24) is 0 Å². The standard InChI is InChI=1S/C23H23N5O6S/c1-14-5-9-20(16(3)11-14)26-35(33,34)19-8-10-21(23(13-19)28(31)32)25-24-17(4)18-7-6-15(2)22(12-18)27(29)30/h5-13,25-26H,1-4H3/b24-17+. The number of nitrogens with one attached hydrogen (secondary N) is 2. The summed E-state index contributed by atoms with van der Waals surface area (Å²) in [6.45, 7) is 6.83. The minimum absolute atomic E-state index is 0.0403. The smallest absolute Gasteiger partial charge is 0.279 e. The Balaban J connectivity index is 1.90. The van der Waals surface area contributed by atoms with Crippen LogP contribution in [0.3, 0.4) is 0 Å². The third-order valence-electron chi connectivity index (χ3n) is 5.27. The van der Waals surface area contributed by atoms with E-state index in [9.17, 15) is 28.6 Å². The normalized spacial score (nSPS) is 11.7. The Morgan fingerprint density at radius 2 is 1.49 bits per heavy atom. The molecule has 0 saturated heterocycles. The van der Waals surface area contributed by atoms with Gasteiger partial charge in [0.1, 0.15) is 5.69 Å². The molecule has 0 aliphatic carbocycles. The van der Waals surface area contributed by atoms with Gasteiger partial charge < -0.3 is 0 Å². The average molecular weight is 498 g/mol. The molecule has 0 heterocycles. The fourth-order valence-corrected chi connectivity index (χ4v) is 4.45. The van der Waals surface area contributed by atoms with E-state index >= 15 is 0 Å². The van der Waals surface area contributed by atoms with Gasteiger partial charge in [-0.25, -0.2) is 8.42 Å². The molecule has 12 heteroatoms. The van der Waals surface area contributed by atoms with E-state index in [0.717, 1.165) is 11.6 Å². The maximum Gasteiger partial charge on any atom is 0.295 e. The number of aryl methyl sites for hydroxylation is 3. The Morgan fingerprint density at radius 1 is 0.829 bits per heavy atom. The van der Waals surface area contributed by atoms with Crippen LogP contribution in [-0.2, 0) is 10.0 Å². The highest BCUT2D eigenvalue weighted by Gasteiger charge is 2.22. The quantitative estimate of drug-likeness (QED) is 0.250. The van der Waals surface area contributed by atoms with E-state index in [4.69, 9.17) is 0 Å². The van der Waals surface area contributed by atoms with Gasteiger partial charge in [0.2, 0.25) is 0 Å². The second-order valence-corrected chi connectivity index (χ2v) is 9.61. The van der Waals surface area contributed by atoms with Crippen molar-refractivity contribution < 1.29 is 18.3 Å². The van der Waals surface area contributed by atoms with Crippen molar-refractivity contribution >= 4 is 38.5 Å². The maximum absolute atomic E-state index is 12.9. The van der Waals surface area contributed by atoms with Gasteiger partial charge in [-0.2, -0.15) is 5.10 Å². The molecule has 0 fully saturated rings. The van der Waals surface area contributed by atoms with Gasteiger partial charge >= 0.3 is 0 Å². The molecule has 0 aliphatic heterocycles. The van der Waals surface area contributed by atoms with Crippen LogP contribution in [0.25, 0.3) is 0 Å². The highest BCUT2D eigenvalue weighted by Crippen LogP contribution is 2.29. The molecule has 0 saturated carbocycles. The zero-order valence-corrected chi connectivity index (χ0v) is 20.2. The lowest BCUT2D eigenvalue weighted by Gasteiger charge is -2.12. The third-order valence-corrected chi connectivity index (χ3v) is 6.63. The lowest BCUT2D eigenvalue weighted by molar-refractivity contribution is -0.385. The Bertz CT molecular complexity index is 1470. The molecular weight excluding hydrogens is 474 g/mol. The Labute approximate surface area is 201 Å². The highest BCUT2D eigenvalue weighted by atomic mass is 32.2. The lowest BCUT2D eigenvalue weighted by atomic mass is 10.1. The number of nitrogens with zero attached hydrogens (tertiary/aromatic N) is 3. The molecule has 3 aromatic carbocycles. The molecule has 0 aliphatic rings. The third kappa shape index (κ3) is 5.79. The molecule has 0 radical (unpaired) electrons. The molecule has 2 N–H and O–H groups in total. The zero-order valence-electron chi connectivity index (χ0n) is 19.4. The van der Waals surface area contributed by atoms with Crippen molar-refractivity contribution in [3.8, 4) is 0 Å². The van der Waals surface area contributed by atoms with E-state index in [1.807, 2.05) is 13.0 Å². The van der Waals surface area contributed by atoms with Crippen LogP contribution in [0.2, 0.25) is 0 Å². The van der Waals surface area contributed by atoms with Crippen molar-refractivity contribution in [3.63, 3.8) is 0 Å². The Hall–Kier alpha value is -4.32. The lowest BCUT2D eigenvalue weighted by Crippen LogP contribution is -2.14. The van der Waals surface area contributed by atoms with Crippen molar-refractivity contribution in [3.05, 3.63) is 97.1 Å². The Morgan fingerprint density at radius 3 is 2.11 bits per heavy atom. The molecule has 3 aromatic rings. The van der Waals surface area contributed by atoms with Crippen molar-refractivity contribution in [1.29, 1.82) is 0 Å². The number of nitro groups is 2. The van der Waals surface area contributed by atoms with Crippen LogP contribution in [0.15, 0.2) is 64.6 Å². The van der Waals surface area contributed by atoms with Crippen LogP contribution < -0.4 is 10.1 Å². The van der Waals surface area contributed by atoms with Gasteiger partial charge in [-0.1, -0.05) is 29.8 Å². The van der Waals surface area contributed by atoms with E-state index in [-0.39, 0.29) is 16.3 Å².